The van der Waals surface area contributed by atoms with E-state index >= 15 is 0 Å². The van der Waals surface area contributed by atoms with E-state index in [2.05, 4.69) is 0 Å². The van der Waals surface area contributed by atoms with Crippen LogP contribution in [0, 0.1) is 23.0 Å². The fourth-order valence-electron chi connectivity index (χ4n) is 2.18. The highest BCUT2D eigenvalue weighted by Crippen LogP contribution is 2.29. The molecule has 0 aromatic heterocycles. The van der Waals surface area contributed by atoms with Gasteiger partial charge in [-0.15, -0.1) is 0 Å². The largest absolute Gasteiger partial charge is 0.466 e. The highest BCUT2D eigenvalue weighted by atomic mass is 16.6. The number of hydrogen-bond acceptors (Lipinski definition) is 4. The summed E-state index contributed by atoms with van der Waals surface area (Å²) in [7, 11) is 0. The van der Waals surface area contributed by atoms with E-state index in [9.17, 15) is 14.9 Å². The van der Waals surface area contributed by atoms with E-state index in [4.69, 9.17) is 4.74 Å². The lowest BCUT2D eigenvalue weighted by Gasteiger charge is -2.18. The van der Waals surface area contributed by atoms with Crippen LogP contribution < -0.4 is 0 Å². The standard InChI is InChI=1S/C15H21NO4/c1-5-20-15(17)13(8-10(2)3)12-6-7-14(16(18)19)11(4)9-12/h6-7,9-10,13H,5,8H2,1-4H3. The fourth-order valence-corrected chi connectivity index (χ4v) is 2.18. The Labute approximate surface area is 119 Å². The normalized spacial score (nSPS) is 12.2. The average Bonchev–Trinajstić information content (AvgIpc) is 2.35. The molecular weight excluding hydrogens is 258 g/mol. The van der Waals surface area contributed by atoms with E-state index in [0.717, 1.165) is 5.56 Å². The lowest BCUT2D eigenvalue weighted by atomic mass is 9.89. The Hall–Kier alpha value is -1.91. The maximum absolute atomic E-state index is 12.1. The predicted molar refractivity (Wildman–Crippen MR) is 76.7 cm³/mol. The van der Waals surface area contributed by atoms with Gasteiger partial charge in [0, 0.05) is 11.6 Å². The summed E-state index contributed by atoms with van der Waals surface area (Å²) in [6.45, 7) is 7.85. The van der Waals surface area contributed by atoms with Crippen LogP contribution in [0.15, 0.2) is 18.2 Å². The van der Waals surface area contributed by atoms with Crippen LogP contribution in [-0.4, -0.2) is 17.5 Å². The Morgan fingerprint density at radius 3 is 2.50 bits per heavy atom. The van der Waals surface area contributed by atoms with Gasteiger partial charge >= 0.3 is 5.97 Å². The second-order valence-electron chi connectivity index (χ2n) is 5.24. The molecule has 5 heteroatoms. The molecule has 1 rings (SSSR count). The molecule has 0 amide bonds. The molecule has 20 heavy (non-hydrogen) atoms. The molecular formula is C15H21NO4. The van der Waals surface area contributed by atoms with Gasteiger partial charge in [0.25, 0.3) is 5.69 Å². The van der Waals surface area contributed by atoms with E-state index in [-0.39, 0.29) is 17.6 Å². The molecule has 1 aromatic rings. The lowest BCUT2D eigenvalue weighted by Crippen LogP contribution is -2.18. The SMILES string of the molecule is CCOC(=O)C(CC(C)C)c1ccc([N+](=O)[O-])c(C)c1. The van der Waals surface area contributed by atoms with Crippen LogP contribution in [0.5, 0.6) is 0 Å². The smallest absolute Gasteiger partial charge is 0.313 e. The first-order chi connectivity index (χ1) is 9.36. The molecule has 0 saturated carbocycles. The second-order valence-corrected chi connectivity index (χ2v) is 5.24. The number of nitrogens with zero attached hydrogens (tertiary/aromatic N) is 1. The average molecular weight is 279 g/mol. The minimum absolute atomic E-state index is 0.0703. The number of aryl methyl sites for hydroxylation is 1. The summed E-state index contributed by atoms with van der Waals surface area (Å²) in [5.41, 5.74) is 1.41. The zero-order valence-corrected chi connectivity index (χ0v) is 12.4. The molecule has 110 valence electrons. The minimum Gasteiger partial charge on any atom is -0.466 e. The Morgan fingerprint density at radius 1 is 1.40 bits per heavy atom. The third-order valence-corrected chi connectivity index (χ3v) is 3.10. The van der Waals surface area contributed by atoms with Crippen LogP contribution in [0.2, 0.25) is 0 Å². The van der Waals surface area contributed by atoms with E-state index in [0.29, 0.717) is 24.5 Å². The van der Waals surface area contributed by atoms with Crippen LogP contribution in [0.25, 0.3) is 0 Å². The molecule has 1 unspecified atom stereocenters. The van der Waals surface area contributed by atoms with E-state index in [1.165, 1.54) is 6.07 Å². The molecule has 0 aliphatic rings. The van der Waals surface area contributed by atoms with Crippen molar-refractivity contribution in [3.8, 4) is 0 Å². The highest BCUT2D eigenvalue weighted by Gasteiger charge is 2.24. The number of nitro groups is 1. The van der Waals surface area contributed by atoms with Gasteiger partial charge in [0.2, 0.25) is 0 Å². The summed E-state index contributed by atoms with van der Waals surface area (Å²) in [6.07, 6.45) is 0.663. The molecule has 0 aliphatic heterocycles. The van der Waals surface area contributed by atoms with Crippen molar-refractivity contribution in [3.05, 3.63) is 39.4 Å². The summed E-state index contributed by atoms with van der Waals surface area (Å²) < 4.78 is 5.10. The van der Waals surface area contributed by atoms with Crippen LogP contribution in [-0.2, 0) is 9.53 Å². The Balaban J connectivity index is 3.10. The summed E-state index contributed by atoms with van der Waals surface area (Å²) >= 11 is 0. The van der Waals surface area contributed by atoms with Crippen molar-refractivity contribution in [2.45, 2.75) is 40.0 Å². The van der Waals surface area contributed by atoms with Gasteiger partial charge < -0.3 is 4.74 Å². The van der Waals surface area contributed by atoms with Gasteiger partial charge in [0.15, 0.2) is 0 Å². The number of benzene rings is 1. The second kappa shape index (κ2) is 7.03. The van der Waals surface area contributed by atoms with E-state index in [1.807, 2.05) is 13.8 Å². The molecule has 0 heterocycles. The zero-order chi connectivity index (χ0) is 15.3. The quantitative estimate of drug-likeness (QED) is 0.453. The molecule has 0 saturated heterocycles. The number of hydrogen-bond donors (Lipinski definition) is 0. The predicted octanol–water partition coefficient (Wildman–Crippen LogP) is 3.60. The number of rotatable bonds is 6. The molecule has 0 aliphatic carbocycles. The van der Waals surface area contributed by atoms with Gasteiger partial charge in [-0.05, 0) is 37.8 Å². The van der Waals surface area contributed by atoms with Crippen molar-refractivity contribution in [1.29, 1.82) is 0 Å². The van der Waals surface area contributed by atoms with Crippen LogP contribution in [0.4, 0.5) is 5.69 Å². The van der Waals surface area contributed by atoms with Gasteiger partial charge in [0.05, 0.1) is 17.4 Å². The number of ether oxygens (including phenoxy) is 1. The lowest BCUT2D eigenvalue weighted by molar-refractivity contribution is -0.385. The molecule has 0 N–H and O–H groups in total. The van der Waals surface area contributed by atoms with Gasteiger partial charge in [0.1, 0.15) is 0 Å². The first-order valence-corrected chi connectivity index (χ1v) is 6.78. The van der Waals surface area contributed by atoms with Crippen molar-refractivity contribution in [3.63, 3.8) is 0 Å². The Kier molecular flexibility index (Phi) is 5.67. The first-order valence-electron chi connectivity index (χ1n) is 6.78. The van der Waals surface area contributed by atoms with Gasteiger partial charge in [-0.25, -0.2) is 0 Å². The summed E-state index contributed by atoms with van der Waals surface area (Å²) in [4.78, 5) is 22.5. The fraction of sp³-hybridized carbons (Fsp3) is 0.533. The van der Waals surface area contributed by atoms with Crippen molar-refractivity contribution in [2.75, 3.05) is 6.61 Å². The molecule has 0 fully saturated rings. The van der Waals surface area contributed by atoms with Crippen molar-refractivity contribution in [1.82, 2.24) is 0 Å². The monoisotopic (exact) mass is 279 g/mol. The first kappa shape index (κ1) is 16.1. The summed E-state index contributed by atoms with van der Waals surface area (Å²) in [5, 5.41) is 10.8. The third kappa shape index (κ3) is 4.05. The molecule has 0 radical (unpaired) electrons. The van der Waals surface area contributed by atoms with Gasteiger partial charge in [-0.3, -0.25) is 14.9 Å². The summed E-state index contributed by atoms with van der Waals surface area (Å²) in [6, 6.07) is 4.81. The molecule has 1 aromatic carbocycles. The van der Waals surface area contributed by atoms with Crippen LogP contribution in [0.3, 0.4) is 0 Å². The zero-order valence-electron chi connectivity index (χ0n) is 12.4. The Bertz CT molecular complexity index is 497. The van der Waals surface area contributed by atoms with Gasteiger partial charge in [-0.1, -0.05) is 19.9 Å². The topological polar surface area (TPSA) is 69.4 Å². The minimum atomic E-state index is -0.416. The maximum atomic E-state index is 12.1. The van der Waals surface area contributed by atoms with E-state index < -0.39 is 4.92 Å². The number of carbonyl (C=O) groups is 1. The van der Waals surface area contributed by atoms with Crippen LogP contribution in [0.1, 0.15) is 44.2 Å². The Morgan fingerprint density at radius 2 is 2.05 bits per heavy atom. The van der Waals surface area contributed by atoms with Crippen molar-refractivity contribution in [2.24, 2.45) is 5.92 Å². The van der Waals surface area contributed by atoms with Crippen molar-refractivity contribution >= 4 is 11.7 Å². The molecule has 0 bridgehead atoms. The molecule has 1 atom stereocenters. The molecule has 0 spiro atoms. The highest BCUT2D eigenvalue weighted by molar-refractivity contribution is 5.78. The molecule has 5 nitrogen and oxygen atoms in total. The summed E-state index contributed by atoms with van der Waals surface area (Å²) in [5.74, 6) is -0.302. The van der Waals surface area contributed by atoms with E-state index in [1.54, 1.807) is 26.0 Å². The number of carbonyl (C=O) groups excluding carboxylic acids is 1. The van der Waals surface area contributed by atoms with Gasteiger partial charge in [-0.2, -0.15) is 0 Å². The van der Waals surface area contributed by atoms with Crippen molar-refractivity contribution < 1.29 is 14.5 Å². The number of nitro benzene ring substituents is 1. The van der Waals surface area contributed by atoms with Crippen LogP contribution >= 0.6 is 0 Å². The third-order valence-electron chi connectivity index (χ3n) is 3.10. The maximum Gasteiger partial charge on any atom is 0.313 e. The number of esters is 1.